The zero-order valence-corrected chi connectivity index (χ0v) is 11.4. The number of benzene rings is 1. The predicted molar refractivity (Wildman–Crippen MR) is 73.2 cm³/mol. The smallest absolute Gasteiger partial charge is 0.326 e. The molecule has 1 fully saturated rings. The Morgan fingerprint density at radius 3 is 2.55 bits per heavy atom. The number of carbonyl (C=O) groups excluding carboxylic acids is 1. The Morgan fingerprint density at radius 1 is 1.30 bits per heavy atom. The molecule has 1 aliphatic heterocycles. The highest BCUT2D eigenvalue weighted by Gasteiger charge is 2.39. The quantitative estimate of drug-likeness (QED) is 0.861. The van der Waals surface area contributed by atoms with Crippen molar-refractivity contribution in [3.05, 3.63) is 35.4 Å². The Labute approximate surface area is 117 Å². The molecule has 0 bridgehead atoms. The molecule has 0 spiro atoms. The average molecular weight is 274 g/mol. The zero-order chi connectivity index (χ0) is 14.3. The third kappa shape index (κ3) is 2.35. The van der Waals surface area contributed by atoms with Gasteiger partial charge in [0.15, 0.2) is 0 Å². The molecule has 3 rings (SSSR count). The van der Waals surface area contributed by atoms with Gasteiger partial charge < -0.3 is 15.3 Å². The lowest BCUT2D eigenvalue weighted by molar-refractivity contribution is -0.142. The molecule has 1 heterocycles. The monoisotopic (exact) mass is 274 g/mol. The summed E-state index contributed by atoms with van der Waals surface area (Å²) in [4.78, 5) is 25.1. The molecule has 20 heavy (non-hydrogen) atoms. The Kier molecular flexibility index (Phi) is 3.12. The molecule has 1 aromatic rings. The van der Waals surface area contributed by atoms with Crippen molar-refractivity contribution in [1.82, 2.24) is 10.2 Å². The van der Waals surface area contributed by atoms with E-state index in [0.29, 0.717) is 18.9 Å². The number of amides is 2. The Bertz CT molecular complexity index is 558. The number of carboxylic acid groups (broad SMARTS) is 1. The molecule has 1 saturated carbocycles. The molecule has 106 valence electrons. The summed E-state index contributed by atoms with van der Waals surface area (Å²) < 4.78 is 0. The fourth-order valence-electron chi connectivity index (χ4n) is 2.72. The van der Waals surface area contributed by atoms with E-state index in [9.17, 15) is 14.7 Å². The summed E-state index contributed by atoms with van der Waals surface area (Å²) in [6, 6.07) is 6.87. The van der Waals surface area contributed by atoms with E-state index in [-0.39, 0.29) is 12.1 Å². The molecule has 0 radical (unpaired) electrons. The van der Waals surface area contributed by atoms with Gasteiger partial charge in [-0.1, -0.05) is 31.2 Å². The van der Waals surface area contributed by atoms with Crippen molar-refractivity contribution >= 4 is 12.0 Å². The van der Waals surface area contributed by atoms with Crippen LogP contribution in [0.3, 0.4) is 0 Å². The SMILES string of the molecule is CC1CC1NC(=O)N1Cc2ccccc2C[C@@H]1C(=O)O. The summed E-state index contributed by atoms with van der Waals surface area (Å²) in [5.41, 5.74) is 2.05. The minimum Gasteiger partial charge on any atom is -0.480 e. The van der Waals surface area contributed by atoms with Gasteiger partial charge in [0, 0.05) is 19.0 Å². The number of fused-ring (bicyclic) bond motifs is 1. The Balaban J connectivity index is 1.80. The van der Waals surface area contributed by atoms with Gasteiger partial charge in [0.25, 0.3) is 0 Å². The van der Waals surface area contributed by atoms with Gasteiger partial charge >= 0.3 is 12.0 Å². The van der Waals surface area contributed by atoms with Crippen LogP contribution in [-0.2, 0) is 17.8 Å². The lowest BCUT2D eigenvalue weighted by Crippen LogP contribution is -2.52. The van der Waals surface area contributed by atoms with Gasteiger partial charge in [-0.3, -0.25) is 0 Å². The second-order valence-corrected chi connectivity index (χ2v) is 5.72. The van der Waals surface area contributed by atoms with Crippen molar-refractivity contribution in [1.29, 1.82) is 0 Å². The summed E-state index contributed by atoms with van der Waals surface area (Å²) in [6.45, 7) is 2.44. The summed E-state index contributed by atoms with van der Waals surface area (Å²) in [7, 11) is 0. The molecule has 1 aliphatic carbocycles. The fraction of sp³-hybridized carbons (Fsp3) is 0.467. The highest BCUT2D eigenvalue weighted by atomic mass is 16.4. The van der Waals surface area contributed by atoms with Gasteiger partial charge in [-0.05, 0) is 23.5 Å². The highest BCUT2D eigenvalue weighted by Crippen LogP contribution is 2.30. The number of aliphatic carboxylic acids is 1. The van der Waals surface area contributed by atoms with E-state index >= 15 is 0 Å². The first kappa shape index (κ1) is 13.0. The number of rotatable bonds is 2. The molecule has 3 atom stereocenters. The van der Waals surface area contributed by atoms with Crippen molar-refractivity contribution in [2.75, 3.05) is 0 Å². The number of nitrogens with one attached hydrogen (secondary N) is 1. The lowest BCUT2D eigenvalue weighted by atomic mass is 9.94. The molecule has 2 unspecified atom stereocenters. The minimum atomic E-state index is -0.946. The van der Waals surface area contributed by atoms with Crippen LogP contribution in [0.5, 0.6) is 0 Å². The largest absolute Gasteiger partial charge is 0.480 e. The summed E-state index contributed by atoms with van der Waals surface area (Å²) in [6.07, 6.45) is 1.35. The first-order valence-corrected chi connectivity index (χ1v) is 6.93. The van der Waals surface area contributed by atoms with Gasteiger partial charge in [-0.25, -0.2) is 9.59 Å². The van der Waals surface area contributed by atoms with Crippen molar-refractivity contribution in [3.63, 3.8) is 0 Å². The molecule has 1 aromatic carbocycles. The van der Waals surface area contributed by atoms with Crippen LogP contribution in [0.1, 0.15) is 24.5 Å². The molecular weight excluding hydrogens is 256 g/mol. The molecular formula is C15H18N2O3. The molecule has 0 aromatic heterocycles. The van der Waals surface area contributed by atoms with Crippen LogP contribution < -0.4 is 5.32 Å². The van der Waals surface area contributed by atoms with Gasteiger partial charge in [0.1, 0.15) is 6.04 Å². The van der Waals surface area contributed by atoms with E-state index in [4.69, 9.17) is 0 Å². The van der Waals surface area contributed by atoms with Crippen LogP contribution in [-0.4, -0.2) is 34.1 Å². The van der Waals surface area contributed by atoms with Crippen molar-refractivity contribution in [3.8, 4) is 0 Å². The van der Waals surface area contributed by atoms with Gasteiger partial charge in [-0.2, -0.15) is 0 Å². The number of urea groups is 1. The second-order valence-electron chi connectivity index (χ2n) is 5.72. The van der Waals surface area contributed by atoms with Gasteiger partial charge in [0.05, 0.1) is 0 Å². The summed E-state index contributed by atoms with van der Waals surface area (Å²) in [5.74, 6) is -0.446. The standard InChI is InChI=1S/C15H18N2O3/c1-9-6-12(9)16-15(20)17-8-11-5-3-2-4-10(11)7-13(17)14(18)19/h2-5,9,12-13H,6-8H2,1H3,(H,16,20)(H,18,19)/t9?,12?,13-/m1/s1. The maximum Gasteiger partial charge on any atom is 0.326 e. The summed E-state index contributed by atoms with van der Waals surface area (Å²) >= 11 is 0. The second kappa shape index (κ2) is 4.81. The van der Waals surface area contributed by atoms with E-state index in [1.807, 2.05) is 24.3 Å². The normalized spacial score (nSPS) is 27.6. The van der Waals surface area contributed by atoms with E-state index in [2.05, 4.69) is 12.2 Å². The Hall–Kier alpha value is -2.04. The number of carboxylic acids is 1. The van der Waals surface area contributed by atoms with Crippen molar-refractivity contribution in [2.45, 2.75) is 38.4 Å². The number of hydrogen-bond acceptors (Lipinski definition) is 2. The number of hydrogen-bond donors (Lipinski definition) is 2. The number of carbonyl (C=O) groups is 2. The van der Waals surface area contributed by atoms with Crippen LogP contribution in [0.2, 0.25) is 0 Å². The molecule has 2 N–H and O–H groups in total. The molecule has 5 nitrogen and oxygen atoms in total. The summed E-state index contributed by atoms with van der Waals surface area (Å²) in [5, 5.41) is 12.3. The number of nitrogens with zero attached hydrogens (tertiary/aromatic N) is 1. The minimum absolute atomic E-state index is 0.203. The van der Waals surface area contributed by atoms with Crippen LogP contribution in [0.4, 0.5) is 4.79 Å². The van der Waals surface area contributed by atoms with Crippen LogP contribution in [0.25, 0.3) is 0 Å². The van der Waals surface area contributed by atoms with Crippen molar-refractivity contribution in [2.24, 2.45) is 5.92 Å². The maximum absolute atomic E-state index is 12.3. The van der Waals surface area contributed by atoms with Crippen molar-refractivity contribution < 1.29 is 14.7 Å². The molecule has 2 amide bonds. The predicted octanol–water partition coefficient (Wildman–Crippen LogP) is 1.62. The zero-order valence-electron chi connectivity index (χ0n) is 11.4. The van der Waals surface area contributed by atoms with E-state index in [0.717, 1.165) is 17.5 Å². The maximum atomic E-state index is 12.3. The Morgan fingerprint density at radius 2 is 1.95 bits per heavy atom. The van der Waals surface area contributed by atoms with Crippen LogP contribution in [0, 0.1) is 5.92 Å². The van der Waals surface area contributed by atoms with Gasteiger partial charge in [-0.15, -0.1) is 0 Å². The third-order valence-electron chi connectivity index (χ3n) is 4.21. The van der Waals surface area contributed by atoms with E-state index < -0.39 is 12.0 Å². The lowest BCUT2D eigenvalue weighted by Gasteiger charge is -2.34. The van der Waals surface area contributed by atoms with Gasteiger partial charge in [0.2, 0.25) is 0 Å². The van der Waals surface area contributed by atoms with Crippen LogP contribution in [0.15, 0.2) is 24.3 Å². The average Bonchev–Trinajstić information content (AvgIpc) is 3.12. The van der Waals surface area contributed by atoms with Crippen LogP contribution >= 0.6 is 0 Å². The first-order valence-electron chi connectivity index (χ1n) is 6.93. The fourth-order valence-corrected chi connectivity index (χ4v) is 2.72. The van der Waals surface area contributed by atoms with E-state index in [1.165, 1.54) is 4.90 Å². The molecule has 2 aliphatic rings. The third-order valence-corrected chi connectivity index (χ3v) is 4.21. The highest BCUT2D eigenvalue weighted by molar-refractivity contribution is 5.84. The van der Waals surface area contributed by atoms with E-state index in [1.54, 1.807) is 0 Å². The molecule has 5 heteroatoms. The molecule has 0 saturated heterocycles. The first-order chi connectivity index (χ1) is 9.56. The topological polar surface area (TPSA) is 69.6 Å².